The van der Waals surface area contributed by atoms with Crippen LogP contribution >= 0.6 is 0 Å². The molecule has 0 spiro atoms. The number of rotatable bonds is 8. The van der Waals surface area contributed by atoms with Crippen molar-refractivity contribution in [3.05, 3.63) is 11.9 Å². The summed E-state index contributed by atoms with van der Waals surface area (Å²) in [5.41, 5.74) is 1.07. The van der Waals surface area contributed by atoms with Crippen molar-refractivity contribution in [2.24, 2.45) is 18.9 Å². The first-order valence-corrected chi connectivity index (χ1v) is 6.18. The molecule has 0 aliphatic carbocycles. The fourth-order valence-corrected chi connectivity index (χ4v) is 1.76. The third kappa shape index (κ3) is 5.28. The molecular formula is C12H24N4O. The maximum absolute atomic E-state index is 5.02. The summed E-state index contributed by atoms with van der Waals surface area (Å²) in [5, 5.41) is 11.5. The standard InChI is InChI=1S/C12H24N4O/c1-10(2)11(8-13-5-6-17-4)7-12-9-16(3)15-14-12/h9-11,13H,5-8H2,1-4H3. The van der Waals surface area contributed by atoms with Crippen LogP contribution in [0.5, 0.6) is 0 Å². The molecule has 1 heterocycles. The molecule has 0 bridgehead atoms. The molecule has 0 fully saturated rings. The quantitative estimate of drug-likeness (QED) is 0.685. The Bertz CT molecular complexity index is 311. The van der Waals surface area contributed by atoms with Crippen LogP contribution in [-0.2, 0) is 18.2 Å². The molecule has 1 aromatic rings. The van der Waals surface area contributed by atoms with Gasteiger partial charge in [-0.3, -0.25) is 4.68 Å². The average Bonchev–Trinajstić information content (AvgIpc) is 2.68. The third-order valence-corrected chi connectivity index (χ3v) is 2.95. The van der Waals surface area contributed by atoms with Crippen molar-refractivity contribution in [2.45, 2.75) is 20.3 Å². The first-order chi connectivity index (χ1) is 8.13. The molecule has 98 valence electrons. The van der Waals surface area contributed by atoms with Gasteiger partial charge >= 0.3 is 0 Å². The van der Waals surface area contributed by atoms with Crippen molar-refractivity contribution >= 4 is 0 Å². The summed E-state index contributed by atoms with van der Waals surface area (Å²) >= 11 is 0. The highest BCUT2D eigenvalue weighted by atomic mass is 16.5. The van der Waals surface area contributed by atoms with Crippen LogP contribution in [0.3, 0.4) is 0 Å². The average molecular weight is 240 g/mol. The highest BCUT2D eigenvalue weighted by Gasteiger charge is 2.15. The fourth-order valence-electron chi connectivity index (χ4n) is 1.76. The van der Waals surface area contributed by atoms with Crippen LogP contribution in [0.15, 0.2) is 6.20 Å². The van der Waals surface area contributed by atoms with Gasteiger partial charge in [-0.15, -0.1) is 5.10 Å². The minimum atomic E-state index is 0.587. The molecule has 1 aromatic heterocycles. The molecule has 0 radical (unpaired) electrons. The second-order valence-electron chi connectivity index (χ2n) is 4.79. The van der Waals surface area contributed by atoms with Crippen LogP contribution in [0.1, 0.15) is 19.5 Å². The Morgan fingerprint density at radius 3 is 2.76 bits per heavy atom. The normalized spacial score (nSPS) is 13.2. The van der Waals surface area contributed by atoms with Gasteiger partial charge in [0.1, 0.15) is 0 Å². The van der Waals surface area contributed by atoms with Gasteiger partial charge in [0, 0.05) is 26.9 Å². The molecule has 0 aliphatic heterocycles. The minimum Gasteiger partial charge on any atom is -0.383 e. The zero-order valence-corrected chi connectivity index (χ0v) is 11.3. The zero-order valence-electron chi connectivity index (χ0n) is 11.3. The van der Waals surface area contributed by atoms with Crippen molar-refractivity contribution in [3.63, 3.8) is 0 Å². The van der Waals surface area contributed by atoms with Crippen LogP contribution in [-0.4, -0.2) is 41.8 Å². The Morgan fingerprint density at radius 2 is 2.24 bits per heavy atom. The van der Waals surface area contributed by atoms with E-state index in [2.05, 4.69) is 29.5 Å². The Hall–Kier alpha value is -0.940. The van der Waals surface area contributed by atoms with Gasteiger partial charge in [-0.25, -0.2) is 0 Å². The Morgan fingerprint density at radius 1 is 1.47 bits per heavy atom. The number of hydrogen-bond acceptors (Lipinski definition) is 4. The summed E-state index contributed by atoms with van der Waals surface area (Å²) in [5.74, 6) is 1.22. The largest absolute Gasteiger partial charge is 0.383 e. The van der Waals surface area contributed by atoms with Crippen LogP contribution in [0.4, 0.5) is 0 Å². The van der Waals surface area contributed by atoms with E-state index >= 15 is 0 Å². The van der Waals surface area contributed by atoms with E-state index in [1.54, 1.807) is 11.8 Å². The maximum Gasteiger partial charge on any atom is 0.0830 e. The molecule has 5 heteroatoms. The van der Waals surface area contributed by atoms with Crippen molar-refractivity contribution in [3.8, 4) is 0 Å². The van der Waals surface area contributed by atoms with Gasteiger partial charge in [0.2, 0.25) is 0 Å². The highest BCUT2D eigenvalue weighted by molar-refractivity contribution is 4.94. The first-order valence-electron chi connectivity index (χ1n) is 6.18. The lowest BCUT2D eigenvalue weighted by Crippen LogP contribution is -2.30. The SMILES string of the molecule is COCCNCC(Cc1cn(C)nn1)C(C)C. The van der Waals surface area contributed by atoms with Crippen LogP contribution in [0.2, 0.25) is 0 Å². The summed E-state index contributed by atoms with van der Waals surface area (Å²) < 4.78 is 6.77. The lowest BCUT2D eigenvalue weighted by Gasteiger charge is -2.20. The van der Waals surface area contributed by atoms with E-state index in [-0.39, 0.29) is 0 Å². The Kier molecular flexibility index (Phi) is 6.15. The number of nitrogens with one attached hydrogen (secondary N) is 1. The third-order valence-electron chi connectivity index (χ3n) is 2.95. The summed E-state index contributed by atoms with van der Waals surface area (Å²) in [6, 6.07) is 0. The van der Waals surface area contributed by atoms with Gasteiger partial charge < -0.3 is 10.1 Å². The van der Waals surface area contributed by atoms with Gasteiger partial charge in [0.15, 0.2) is 0 Å². The number of ether oxygens (including phenoxy) is 1. The topological polar surface area (TPSA) is 52.0 Å². The van der Waals surface area contributed by atoms with Crippen molar-refractivity contribution in [2.75, 3.05) is 26.8 Å². The number of aryl methyl sites for hydroxylation is 1. The highest BCUT2D eigenvalue weighted by Crippen LogP contribution is 2.14. The van der Waals surface area contributed by atoms with E-state index in [0.29, 0.717) is 11.8 Å². The van der Waals surface area contributed by atoms with E-state index in [0.717, 1.165) is 31.8 Å². The molecule has 17 heavy (non-hydrogen) atoms. The minimum absolute atomic E-state index is 0.587. The second kappa shape index (κ2) is 7.40. The summed E-state index contributed by atoms with van der Waals surface area (Å²) in [6.07, 6.45) is 2.97. The maximum atomic E-state index is 5.02. The number of aromatic nitrogens is 3. The van der Waals surface area contributed by atoms with E-state index in [4.69, 9.17) is 4.74 Å². The summed E-state index contributed by atoms with van der Waals surface area (Å²) in [6.45, 7) is 7.16. The van der Waals surface area contributed by atoms with Crippen molar-refractivity contribution in [1.82, 2.24) is 20.3 Å². The molecule has 1 rings (SSSR count). The van der Waals surface area contributed by atoms with E-state index in [1.165, 1.54) is 0 Å². The molecule has 5 nitrogen and oxygen atoms in total. The van der Waals surface area contributed by atoms with Crippen molar-refractivity contribution in [1.29, 1.82) is 0 Å². The van der Waals surface area contributed by atoms with Gasteiger partial charge in [0.25, 0.3) is 0 Å². The summed E-state index contributed by atoms with van der Waals surface area (Å²) in [4.78, 5) is 0. The number of methoxy groups -OCH3 is 1. The van der Waals surface area contributed by atoms with Gasteiger partial charge in [0.05, 0.1) is 12.3 Å². The Balaban J connectivity index is 2.38. The molecule has 1 N–H and O–H groups in total. The molecule has 0 aromatic carbocycles. The molecule has 0 amide bonds. The van der Waals surface area contributed by atoms with Gasteiger partial charge in [-0.05, 0) is 24.8 Å². The smallest absolute Gasteiger partial charge is 0.0830 e. The van der Waals surface area contributed by atoms with Crippen molar-refractivity contribution < 1.29 is 4.74 Å². The molecule has 1 atom stereocenters. The first kappa shape index (κ1) is 14.1. The summed E-state index contributed by atoms with van der Waals surface area (Å²) in [7, 11) is 3.62. The monoisotopic (exact) mass is 240 g/mol. The lowest BCUT2D eigenvalue weighted by atomic mass is 9.91. The number of hydrogen-bond donors (Lipinski definition) is 1. The van der Waals surface area contributed by atoms with Gasteiger partial charge in [-0.2, -0.15) is 0 Å². The molecular weight excluding hydrogens is 216 g/mol. The number of nitrogens with zero attached hydrogens (tertiary/aromatic N) is 3. The lowest BCUT2D eigenvalue weighted by molar-refractivity contribution is 0.196. The van der Waals surface area contributed by atoms with E-state index in [1.807, 2.05) is 13.2 Å². The second-order valence-corrected chi connectivity index (χ2v) is 4.79. The van der Waals surface area contributed by atoms with Crippen LogP contribution < -0.4 is 5.32 Å². The molecule has 0 saturated carbocycles. The van der Waals surface area contributed by atoms with Crippen LogP contribution in [0.25, 0.3) is 0 Å². The molecule has 1 unspecified atom stereocenters. The van der Waals surface area contributed by atoms with E-state index < -0.39 is 0 Å². The predicted molar refractivity (Wildman–Crippen MR) is 67.8 cm³/mol. The van der Waals surface area contributed by atoms with Crippen LogP contribution in [0, 0.1) is 11.8 Å². The molecule has 0 aliphatic rings. The fraction of sp³-hybridized carbons (Fsp3) is 0.833. The van der Waals surface area contributed by atoms with Gasteiger partial charge in [-0.1, -0.05) is 19.1 Å². The predicted octanol–water partition coefficient (Wildman–Crippen LogP) is 0.866. The Labute approximate surface area is 104 Å². The zero-order chi connectivity index (χ0) is 12.7. The van der Waals surface area contributed by atoms with E-state index in [9.17, 15) is 0 Å². The molecule has 0 saturated heterocycles.